The average Bonchev–Trinajstić information content (AvgIpc) is 2.64. The molecule has 6 heteroatoms. The molecule has 0 aliphatic carbocycles. The number of carbonyl (C=O) groups is 2. The molecule has 1 aromatic rings. The third kappa shape index (κ3) is 5.73. The third-order valence-corrected chi connectivity index (χ3v) is 4.99. The van der Waals surface area contributed by atoms with Crippen molar-refractivity contribution in [2.45, 2.75) is 45.6 Å². The zero-order valence-corrected chi connectivity index (χ0v) is 16.0. The van der Waals surface area contributed by atoms with Gasteiger partial charge < -0.3 is 14.7 Å². The van der Waals surface area contributed by atoms with E-state index in [9.17, 15) is 9.59 Å². The first kappa shape index (κ1) is 20.2. The van der Waals surface area contributed by atoms with Gasteiger partial charge in [-0.1, -0.05) is 32.9 Å². The van der Waals surface area contributed by atoms with Crippen molar-refractivity contribution >= 4 is 11.9 Å². The van der Waals surface area contributed by atoms with Crippen LogP contribution in [0.2, 0.25) is 0 Å². The van der Waals surface area contributed by atoms with Crippen LogP contribution in [0, 0.1) is 0 Å². The average molecular weight is 362 g/mol. The number of likely N-dealkylation sites (tertiary alicyclic amines) is 1. The summed E-state index contributed by atoms with van der Waals surface area (Å²) < 4.78 is 5.62. The fourth-order valence-corrected chi connectivity index (χ4v) is 3.34. The molecule has 144 valence electrons. The Kier molecular flexibility index (Phi) is 7.45. The van der Waals surface area contributed by atoms with E-state index in [1.165, 1.54) is 5.56 Å². The van der Waals surface area contributed by atoms with Crippen molar-refractivity contribution in [1.29, 1.82) is 0 Å². The maximum absolute atomic E-state index is 12.4. The summed E-state index contributed by atoms with van der Waals surface area (Å²) >= 11 is 0. The second-order valence-electron chi connectivity index (χ2n) is 7.08. The van der Waals surface area contributed by atoms with E-state index in [-0.39, 0.29) is 25.1 Å². The number of aliphatic carboxylic acids is 1. The van der Waals surface area contributed by atoms with Crippen LogP contribution in [-0.4, -0.2) is 65.6 Å². The topological polar surface area (TPSA) is 70.1 Å². The Labute approximate surface area is 155 Å². The Morgan fingerprint density at radius 1 is 1.23 bits per heavy atom. The lowest BCUT2D eigenvalue weighted by atomic mass is 10.0. The fourth-order valence-electron chi connectivity index (χ4n) is 3.34. The lowest BCUT2D eigenvalue weighted by Gasteiger charge is -2.37. The molecule has 0 unspecified atom stereocenters. The van der Waals surface area contributed by atoms with E-state index in [0.717, 1.165) is 12.8 Å². The molecule has 1 aliphatic rings. The van der Waals surface area contributed by atoms with Crippen molar-refractivity contribution in [3.05, 3.63) is 29.8 Å². The first-order valence-corrected chi connectivity index (χ1v) is 9.37. The number of carbonyl (C=O) groups excluding carboxylic acids is 1. The Bertz CT molecular complexity index is 592. The molecule has 6 nitrogen and oxygen atoms in total. The van der Waals surface area contributed by atoms with E-state index >= 15 is 0 Å². The number of amides is 1. The van der Waals surface area contributed by atoms with Crippen molar-refractivity contribution in [3.8, 4) is 5.75 Å². The molecule has 1 saturated heterocycles. The Morgan fingerprint density at radius 2 is 1.85 bits per heavy atom. The summed E-state index contributed by atoms with van der Waals surface area (Å²) in [7, 11) is 0. The smallest absolute Gasteiger partial charge is 0.317 e. The minimum Gasteiger partial charge on any atom is -0.484 e. The number of ether oxygens (including phenoxy) is 1. The van der Waals surface area contributed by atoms with Crippen LogP contribution >= 0.6 is 0 Å². The Balaban J connectivity index is 1.78. The van der Waals surface area contributed by atoms with E-state index in [1.807, 2.05) is 41.0 Å². The molecule has 1 fully saturated rings. The molecule has 0 aromatic heterocycles. The summed E-state index contributed by atoms with van der Waals surface area (Å²) in [6.07, 6.45) is 1.60. The minimum atomic E-state index is -0.803. The van der Waals surface area contributed by atoms with Crippen LogP contribution in [0.25, 0.3) is 0 Å². The van der Waals surface area contributed by atoms with Gasteiger partial charge in [0.25, 0.3) is 5.91 Å². The summed E-state index contributed by atoms with van der Waals surface area (Å²) in [4.78, 5) is 27.1. The number of likely N-dealkylation sites (N-methyl/N-ethyl adjacent to an activating group) is 1. The van der Waals surface area contributed by atoms with E-state index in [1.54, 1.807) is 0 Å². The van der Waals surface area contributed by atoms with Crippen molar-refractivity contribution in [3.63, 3.8) is 0 Å². The number of hydrogen-bond acceptors (Lipinski definition) is 4. The Hall–Kier alpha value is -2.08. The maximum Gasteiger partial charge on any atom is 0.317 e. The molecule has 1 aromatic carbocycles. The molecule has 0 spiro atoms. The molecule has 2 rings (SSSR count). The van der Waals surface area contributed by atoms with Gasteiger partial charge in [-0.3, -0.25) is 14.5 Å². The molecule has 26 heavy (non-hydrogen) atoms. The standard InChI is InChI=1S/C20H30N2O4/c1-4-21(13-20(24)25)17-9-11-22(12-10-17)19(23)14-26-18-7-5-16(6-8-18)15(2)3/h5-8,15,17H,4,9-14H2,1-3H3,(H,24,25). The van der Waals surface area contributed by atoms with Crippen molar-refractivity contribution < 1.29 is 19.4 Å². The highest BCUT2D eigenvalue weighted by Gasteiger charge is 2.27. The highest BCUT2D eigenvalue weighted by atomic mass is 16.5. The zero-order chi connectivity index (χ0) is 19.1. The van der Waals surface area contributed by atoms with Gasteiger partial charge in [0.2, 0.25) is 0 Å². The van der Waals surface area contributed by atoms with Gasteiger partial charge in [-0.2, -0.15) is 0 Å². The van der Waals surface area contributed by atoms with Gasteiger partial charge in [0, 0.05) is 19.1 Å². The third-order valence-electron chi connectivity index (χ3n) is 4.99. The highest BCUT2D eigenvalue weighted by Crippen LogP contribution is 2.19. The summed E-state index contributed by atoms with van der Waals surface area (Å²) in [5.74, 6) is 0.354. The summed E-state index contributed by atoms with van der Waals surface area (Å²) in [5, 5.41) is 8.99. The molecule has 1 amide bonds. The van der Waals surface area contributed by atoms with Crippen LogP contribution in [0.5, 0.6) is 5.75 Å². The number of nitrogens with zero attached hydrogens (tertiary/aromatic N) is 2. The fraction of sp³-hybridized carbons (Fsp3) is 0.600. The molecule has 0 saturated carbocycles. The zero-order valence-electron chi connectivity index (χ0n) is 16.0. The SMILES string of the molecule is CCN(CC(=O)O)C1CCN(C(=O)COc2ccc(C(C)C)cc2)CC1. The first-order valence-electron chi connectivity index (χ1n) is 9.37. The van der Waals surface area contributed by atoms with Crippen LogP contribution < -0.4 is 4.74 Å². The molecule has 1 aliphatic heterocycles. The molecule has 1 N–H and O–H groups in total. The van der Waals surface area contributed by atoms with Gasteiger partial charge in [0.15, 0.2) is 6.61 Å². The van der Waals surface area contributed by atoms with E-state index in [2.05, 4.69) is 13.8 Å². The number of rotatable bonds is 8. The molecule has 0 radical (unpaired) electrons. The van der Waals surface area contributed by atoms with Gasteiger partial charge >= 0.3 is 5.97 Å². The second-order valence-corrected chi connectivity index (χ2v) is 7.08. The van der Waals surface area contributed by atoms with Crippen LogP contribution in [0.15, 0.2) is 24.3 Å². The number of carboxylic acid groups (broad SMARTS) is 1. The predicted molar refractivity (Wildman–Crippen MR) is 101 cm³/mol. The van der Waals surface area contributed by atoms with Gasteiger partial charge in [-0.05, 0) is 43.0 Å². The van der Waals surface area contributed by atoms with Crippen LogP contribution in [-0.2, 0) is 9.59 Å². The van der Waals surface area contributed by atoms with Gasteiger partial charge in [0.05, 0.1) is 6.54 Å². The number of piperidine rings is 1. The molecular weight excluding hydrogens is 332 g/mol. The minimum absolute atomic E-state index is 0.0160. The first-order chi connectivity index (χ1) is 12.4. The summed E-state index contributed by atoms with van der Waals surface area (Å²) in [5.41, 5.74) is 1.24. The summed E-state index contributed by atoms with van der Waals surface area (Å²) in [6, 6.07) is 8.08. The number of hydrogen-bond donors (Lipinski definition) is 1. The second kappa shape index (κ2) is 9.57. The van der Waals surface area contributed by atoms with E-state index < -0.39 is 5.97 Å². The lowest BCUT2D eigenvalue weighted by molar-refractivity contribution is -0.140. The predicted octanol–water partition coefficient (Wildman–Crippen LogP) is 2.59. The van der Waals surface area contributed by atoms with Crippen LogP contribution in [0.4, 0.5) is 0 Å². The van der Waals surface area contributed by atoms with Gasteiger partial charge in [-0.25, -0.2) is 0 Å². The van der Waals surface area contributed by atoms with Gasteiger partial charge in [0.1, 0.15) is 5.75 Å². The van der Waals surface area contributed by atoms with Crippen LogP contribution in [0.1, 0.15) is 45.1 Å². The molecular formula is C20H30N2O4. The van der Waals surface area contributed by atoms with Gasteiger partial charge in [-0.15, -0.1) is 0 Å². The van der Waals surface area contributed by atoms with E-state index in [0.29, 0.717) is 31.3 Å². The van der Waals surface area contributed by atoms with Crippen molar-refractivity contribution in [1.82, 2.24) is 9.80 Å². The van der Waals surface area contributed by atoms with Crippen molar-refractivity contribution in [2.24, 2.45) is 0 Å². The number of carboxylic acids is 1. The largest absolute Gasteiger partial charge is 0.484 e. The normalized spacial score (nSPS) is 15.5. The Morgan fingerprint density at radius 3 is 2.35 bits per heavy atom. The molecule has 1 heterocycles. The van der Waals surface area contributed by atoms with Crippen LogP contribution in [0.3, 0.4) is 0 Å². The maximum atomic E-state index is 12.4. The lowest BCUT2D eigenvalue weighted by Crippen LogP contribution is -2.49. The molecule has 0 bridgehead atoms. The van der Waals surface area contributed by atoms with Crippen molar-refractivity contribution in [2.75, 3.05) is 32.8 Å². The monoisotopic (exact) mass is 362 g/mol. The quantitative estimate of drug-likeness (QED) is 0.770. The number of benzene rings is 1. The van der Waals surface area contributed by atoms with E-state index in [4.69, 9.17) is 9.84 Å². The highest BCUT2D eigenvalue weighted by molar-refractivity contribution is 5.77. The molecule has 0 atom stereocenters. The summed E-state index contributed by atoms with van der Waals surface area (Å²) in [6.45, 7) is 8.35.